The largest absolute Gasteiger partial charge is 0.491 e. The smallest absolute Gasteiger partial charge is 0.128 e. The lowest BCUT2D eigenvalue weighted by atomic mass is 9.98. The van der Waals surface area contributed by atoms with Gasteiger partial charge in [-0.25, -0.2) is 9.82 Å². The maximum absolute atomic E-state index is 13.9. The first-order valence-electron chi connectivity index (χ1n) is 6.59. The van der Waals surface area contributed by atoms with Crippen molar-refractivity contribution in [2.75, 3.05) is 0 Å². The number of ether oxygens (including phenoxy) is 1. The molecule has 0 aliphatic heterocycles. The topological polar surface area (TPSA) is 47.3 Å². The molecule has 0 saturated carbocycles. The maximum atomic E-state index is 13.9. The van der Waals surface area contributed by atoms with Gasteiger partial charge in [0.05, 0.1) is 12.1 Å². The maximum Gasteiger partial charge on any atom is 0.128 e. The number of hydrogen-bond donors (Lipinski definition) is 2. The second-order valence-electron chi connectivity index (χ2n) is 4.86. The molecule has 0 radical (unpaired) electrons. The summed E-state index contributed by atoms with van der Waals surface area (Å²) in [6.45, 7) is 3.92. The molecule has 2 aromatic carbocycles. The van der Waals surface area contributed by atoms with E-state index in [1.54, 1.807) is 18.2 Å². The summed E-state index contributed by atoms with van der Waals surface area (Å²) in [6.07, 6.45) is 0.0861. The van der Waals surface area contributed by atoms with Gasteiger partial charge < -0.3 is 4.74 Å². The normalized spacial score (nSPS) is 12.4. The van der Waals surface area contributed by atoms with Crippen molar-refractivity contribution in [2.24, 2.45) is 5.84 Å². The summed E-state index contributed by atoms with van der Waals surface area (Å²) in [5.74, 6) is 6.06. The number of nitrogens with two attached hydrogens (primary N) is 1. The molecule has 3 N–H and O–H groups in total. The number of rotatable bonds is 5. The molecule has 2 rings (SSSR count). The number of hydrogen-bond acceptors (Lipinski definition) is 3. The average molecular weight is 274 g/mol. The Balaban J connectivity index is 2.35. The van der Waals surface area contributed by atoms with Crippen molar-refractivity contribution in [2.45, 2.75) is 26.0 Å². The van der Waals surface area contributed by atoms with Gasteiger partial charge in [0.25, 0.3) is 0 Å². The SMILES string of the molecule is CC(C)Oc1cccc(C(NN)c2ccccc2F)c1. The molecule has 4 heteroatoms. The van der Waals surface area contributed by atoms with Crippen molar-refractivity contribution in [1.82, 2.24) is 5.43 Å². The summed E-state index contributed by atoms with van der Waals surface area (Å²) in [4.78, 5) is 0. The lowest BCUT2D eigenvalue weighted by Gasteiger charge is -2.19. The summed E-state index contributed by atoms with van der Waals surface area (Å²) >= 11 is 0. The Morgan fingerprint density at radius 2 is 1.85 bits per heavy atom. The minimum Gasteiger partial charge on any atom is -0.491 e. The second kappa shape index (κ2) is 6.50. The van der Waals surface area contributed by atoms with Crippen LogP contribution in [-0.2, 0) is 0 Å². The zero-order chi connectivity index (χ0) is 14.5. The second-order valence-corrected chi connectivity index (χ2v) is 4.86. The molecular weight excluding hydrogens is 255 g/mol. The Kier molecular flexibility index (Phi) is 4.71. The summed E-state index contributed by atoms with van der Waals surface area (Å²) in [7, 11) is 0. The van der Waals surface area contributed by atoms with E-state index >= 15 is 0 Å². The van der Waals surface area contributed by atoms with Gasteiger partial charge in [0, 0.05) is 5.56 Å². The third-order valence-electron chi connectivity index (χ3n) is 2.95. The van der Waals surface area contributed by atoms with Gasteiger partial charge >= 0.3 is 0 Å². The fourth-order valence-electron chi connectivity index (χ4n) is 2.11. The summed E-state index contributed by atoms with van der Waals surface area (Å²) in [5, 5.41) is 0. The standard InChI is InChI=1S/C16H19FN2O/c1-11(2)20-13-7-5-6-12(10-13)16(19-18)14-8-3-4-9-15(14)17/h3-11,16,19H,18H2,1-2H3. The molecule has 0 spiro atoms. The zero-order valence-electron chi connectivity index (χ0n) is 11.6. The van der Waals surface area contributed by atoms with Crippen LogP contribution in [0, 0.1) is 5.82 Å². The minimum absolute atomic E-state index is 0.0861. The monoisotopic (exact) mass is 274 g/mol. The summed E-state index contributed by atoms with van der Waals surface area (Å²) < 4.78 is 19.5. The molecule has 0 aliphatic rings. The first kappa shape index (κ1) is 14.5. The van der Waals surface area contributed by atoms with Gasteiger partial charge in [-0.15, -0.1) is 0 Å². The van der Waals surface area contributed by atoms with E-state index in [0.717, 1.165) is 11.3 Å². The highest BCUT2D eigenvalue weighted by Gasteiger charge is 2.16. The highest BCUT2D eigenvalue weighted by atomic mass is 19.1. The van der Waals surface area contributed by atoms with Crippen LogP contribution in [0.3, 0.4) is 0 Å². The fourth-order valence-corrected chi connectivity index (χ4v) is 2.11. The lowest BCUT2D eigenvalue weighted by molar-refractivity contribution is 0.242. The van der Waals surface area contributed by atoms with Gasteiger partial charge in [-0.05, 0) is 37.6 Å². The molecule has 0 amide bonds. The van der Waals surface area contributed by atoms with E-state index in [2.05, 4.69) is 5.43 Å². The van der Waals surface area contributed by atoms with E-state index in [1.165, 1.54) is 6.07 Å². The van der Waals surface area contributed by atoms with Crippen LogP contribution in [0.25, 0.3) is 0 Å². The third kappa shape index (κ3) is 3.35. The van der Waals surface area contributed by atoms with Crippen LogP contribution in [0.15, 0.2) is 48.5 Å². The van der Waals surface area contributed by atoms with Crippen molar-refractivity contribution in [3.8, 4) is 5.75 Å². The zero-order valence-corrected chi connectivity index (χ0v) is 11.6. The van der Waals surface area contributed by atoms with E-state index in [0.29, 0.717) is 5.56 Å². The van der Waals surface area contributed by atoms with Gasteiger partial charge in [0.1, 0.15) is 11.6 Å². The number of hydrazine groups is 1. The summed E-state index contributed by atoms with van der Waals surface area (Å²) in [6, 6.07) is 13.7. The van der Waals surface area contributed by atoms with E-state index in [9.17, 15) is 4.39 Å². The molecule has 0 saturated heterocycles. The minimum atomic E-state index is -0.410. The molecule has 1 atom stereocenters. The third-order valence-corrected chi connectivity index (χ3v) is 2.95. The quantitative estimate of drug-likeness (QED) is 0.650. The molecule has 0 heterocycles. The average Bonchev–Trinajstić information content (AvgIpc) is 2.41. The summed E-state index contributed by atoms with van der Waals surface area (Å²) in [5.41, 5.74) is 4.03. The van der Waals surface area contributed by atoms with Crippen LogP contribution < -0.4 is 16.0 Å². The molecule has 106 valence electrons. The molecule has 20 heavy (non-hydrogen) atoms. The van der Waals surface area contributed by atoms with Crippen LogP contribution in [-0.4, -0.2) is 6.10 Å². The molecule has 0 fully saturated rings. The molecule has 2 aromatic rings. The predicted octanol–water partition coefficient (Wildman–Crippen LogP) is 3.17. The van der Waals surface area contributed by atoms with Crippen LogP contribution in [0.1, 0.15) is 31.0 Å². The van der Waals surface area contributed by atoms with Crippen LogP contribution in [0.4, 0.5) is 4.39 Å². The van der Waals surface area contributed by atoms with E-state index < -0.39 is 6.04 Å². The molecular formula is C16H19FN2O. The van der Waals surface area contributed by atoms with Gasteiger partial charge in [0.15, 0.2) is 0 Å². The van der Waals surface area contributed by atoms with Crippen molar-refractivity contribution < 1.29 is 9.13 Å². The van der Waals surface area contributed by atoms with E-state index in [1.807, 2.05) is 38.1 Å². The molecule has 3 nitrogen and oxygen atoms in total. The highest BCUT2D eigenvalue weighted by molar-refractivity contribution is 5.37. The molecule has 0 bridgehead atoms. The number of halogens is 1. The van der Waals surface area contributed by atoms with Crippen molar-refractivity contribution in [3.05, 3.63) is 65.5 Å². The van der Waals surface area contributed by atoms with E-state index in [-0.39, 0.29) is 11.9 Å². The van der Waals surface area contributed by atoms with Crippen LogP contribution in [0.2, 0.25) is 0 Å². The molecule has 0 aliphatic carbocycles. The molecule has 1 unspecified atom stereocenters. The number of benzene rings is 2. The molecule has 0 aromatic heterocycles. The van der Waals surface area contributed by atoms with Crippen molar-refractivity contribution >= 4 is 0 Å². The Labute approximate surface area is 118 Å². The fraction of sp³-hybridized carbons (Fsp3) is 0.250. The van der Waals surface area contributed by atoms with Crippen molar-refractivity contribution in [1.29, 1.82) is 0 Å². The highest BCUT2D eigenvalue weighted by Crippen LogP contribution is 2.26. The first-order valence-corrected chi connectivity index (χ1v) is 6.59. The predicted molar refractivity (Wildman–Crippen MR) is 77.8 cm³/mol. The lowest BCUT2D eigenvalue weighted by Crippen LogP contribution is -2.29. The Bertz CT molecular complexity index is 572. The first-order chi connectivity index (χ1) is 9.61. The Morgan fingerprint density at radius 3 is 2.50 bits per heavy atom. The van der Waals surface area contributed by atoms with E-state index in [4.69, 9.17) is 10.6 Å². The Hall–Kier alpha value is -1.91. The van der Waals surface area contributed by atoms with Crippen molar-refractivity contribution in [3.63, 3.8) is 0 Å². The van der Waals surface area contributed by atoms with Crippen LogP contribution in [0.5, 0.6) is 5.75 Å². The van der Waals surface area contributed by atoms with Gasteiger partial charge in [-0.3, -0.25) is 5.84 Å². The van der Waals surface area contributed by atoms with Gasteiger partial charge in [0.2, 0.25) is 0 Å². The Morgan fingerprint density at radius 1 is 1.10 bits per heavy atom. The number of nitrogens with one attached hydrogen (secondary N) is 1. The van der Waals surface area contributed by atoms with Crippen LogP contribution >= 0.6 is 0 Å². The van der Waals surface area contributed by atoms with Gasteiger partial charge in [-0.1, -0.05) is 30.3 Å². The van der Waals surface area contributed by atoms with Gasteiger partial charge in [-0.2, -0.15) is 0 Å².